The van der Waals surface area contributed by atoms with E-state index in [1.54, 1.807) is 12.5 Å². The van der Waals surface area contributed by atoms with Crippen LogP contribution in [-0.4, -0.2) is 28.0 Å². The summed E-state index contributed by atoms with van der Waals surface area (Å²) in [4.78, 5) is 16.6. The molecule has 3 rings (SSSR count). The van der Waals surface area contributed by atoms with E-state index in [2.05, 4.69) is 34.7 Å². The molecule has 1 aliphatic rings. The minimum atomic E-state index is -0.00355. The fourth-order valence-corrected chi connectivity index (χ4v) is 3.15. The van der Waals surface area contributed by atoms with Crippen molar-refractivity contribution in [2.45, 2.75) is 38.8 Å². The van der Waals surface area contributed by atoms with Gasteiger partial charge in [0.15, 0.2) is 0 Å². The van der Waals surface area contributed by atoms with Crippen LogP contribution in [0.5, 0.6) is 0 Å². The molecule has 122 valence electrons. The number of hydrogen-bond acceptors (Lipinski definition) is 3. The molecule has 5 nitrogen and oxygen atoms in total. The Morgan fingerprint density at radius 3 is 3.09 bits per heavy atom. The Kier molecular flexibility index (Phi) is 4.76. The Balaban J connectivity index is 1.67. The van der Waals surface area contributed by atoms with Crippen molar-refractivity contribution in [3.05, 3.63) is 48.5 Å². The van der Waals surface area contributed by atoms with Gasteiger partial charge in [-0.1, -0.05) is 12.1 Å². The highest BCUT2D eigenvalue weighted by atomic mass is 16.1. The van der Waals surface area contributed by atoms with Gasteiger partial charge in [0.2, 0.25) is 5.91 Å². The van der Waals surface area contributed by atoms with Crippen molar-refractivity contribution in [3.8, 4) is 5.69 Å². The predicted molar refractivity (Wildman–Crippen MR) is 90.3 cm³/mol. The highest BCUT2D eigenvalue weighted by Crippen LogP contribution is 2.20. The summed E-state index contributed by atoms with van der Waals surface area (Å²) in [5.41, 5.74) is 2.16. The molecular formula is C18H24N4O. The minimum absolute atomic E-state index is 0.00355. The lowest BCUT2D eigenvalue weighted by Crippen LogP contribution is -2.42. The summed E-state index contributed by atoms with van der Waals surface area (Å²) in [6, 6.07) is 8.61. The molecule has 2 heterocycles. The summed E-state index contributed by atoms with van der Waals surface area (Å²) in [7, 11) is 0. The van der Waals surface area contributed by atoms with Gasteiger partial charge in [-0.25, -0.2) is 4.98 Å². The summed E-state index contributed by atoms with van der Waals surface area (Å²) < 4.78 is 1.96. The van der Waals surface area contributed by atoms with Gasteiger partial charge >= 0.3 is 0 Å². The minimum Gasteiger partial charge on any atom is -0.349 e. The number of carbonyl (C=O) groups excluding carboxylic acids is 1. The second-order valence-corrected chi connectivity index (χ2v) is 6.37. The Labute approximate surface area is 137 Å². The number of piperidine rings is 1. The van der Waals surface area contributed by atoms with E-state index in [0.29, 0.717) is 6.04 Å². The molecule has 1 unspecified atom stereocenters. The summed E-state index contributed by atoms with van der Waals surface area (Å²) in [6.45, 7) is 5.09. The van der Waals surface area contributed by atoms with Crippen LogP contribution in [0.1, 0.15) is 38.3 Å². The first-order valence-electron chi connectivity index (χ1n) is 8.25. The van der Waals surface area contributed by atoms with Crippen LogP contribution in [0.15, 0.2) is 43.0 Å². The Morgan fingerprint density at radius 1 is 1.48 bits per heavy atom. The van der Waals surface area contributed by atoms with Crippen LogP contribution in [0.3, 0.4) is 0 Å². The largest absolute Gasteiger partial charge is 0.349 e. The topological polar surface area (TPSA) is 59.0 Å². The van der Waals surface area contributed by atoms with Gasteiger partial charge in [-0.3, -0.25) is 4.79 Å². The van der Waals surface area contributed by atoms with E-state index < -0.39 is 0 Å². The normalized spacial score (nSPS) is 22.5. The zero-order chi connectivity index (χ0) is 16.2. The van der Waals surface area contributed by atoms with Crippen LogP contribution < -0.4 is 10.6 Å². The van der Waals surface area contributed by atoms with Crippen molar-refractivity contribution in [1.82, 2.24) is 20.2 Å². The molecule has 1 saturated heterocycles. The van der Waals surface area contributed by atoms with Gasteiger partial charge in [0.25, 0.3) is 0 Å². The molecule has 1 aliphatic heterocycles. The molecule has 0 aliphatic carbocycles. The average molecular weight is 312 g/mol. The molecule has 1 fully saturated rings. The van der Waals surface area contributed by atoms with Gasteiger partial charge in [-0.15, -0.1) is 0 Å². The Morgan fingerprint density at radius 2 is 2.35 bits per heavy atom. The fourth-order valence-electron chi connectivity index (χ4n) is 3.15. The SMILES string of the molecule is CC(NC(=O)[C@H]1CCN[C@@H](C)C1)c1cccc(-n2ccnc2)c1. The first-order valence-corrected chi connectivity index (χ1v) is 8.25. The predicted octanol–water partition coefficient (Wildman–Crippen LogP) is 2.44. The third kappa shape index (κ3) is 3.79. The molecule has 1 aromatic carbocycles. The smallest absolute Gasteiger partial charge is 0.223 e. The highest BCUT2D eigenvalue weighted by molar-refractivity contribution is 5.79. The molecule has 23 heavy (non-hydrogen) atoms. The highest BCUT2D eigenvalue weighted by Gasteiger charge is 2.25. The Hall–Kier alpha value is -2.14. The third-order valence-corrected chi connectivity index (χ3v) is 4.53. The van der Waals surface area contributed by atoms with Gasteiger partial charge in [0.1, 0.15) is 0 Å². The zero-order valence-electron chi connectivity index (χ0n) is 13.7. The van der Waals surface area contributed by atoms with Gasteiger partial charge in [0, 0.05) is 30.0 Å². The van der Waals surface area contributed by atoms with Crippen LogP contribution in [0.25, 0.3) is 5.69 Å². The van der Waals surface area contributed by atoms with E-state index in [9.17, 15) is 4.79 Å². The number of benzene rings is 1. The summed E-state index contributed by atoms with van der Waals surface area (Å²) in [6.07, 6.45) is 7.28. The van der Waals surface area contributed by atoms with Gasteiger partial charge in [-0.2, -0.15) is 0 Å². The van der Waals surface area contributed by atoms with Crippen molar-refractivity contribution >= 4 is 5.91 Å². The molecule has 0 spiro atoms. The fraction of sp³-hybridized carbons (Fsp3) is 0.444. The molecular weight excluding hydrogens is 288 g/mol. The number of amides is 1. The maximum Gasteiger partial charge on any atom is 0.223 e. The monoisotopic (exact) mass is 312 g/mol. The lowest BCUT2D eigenvalue weighted by atomic mass is 9.92. The molecule has 5 heteroatoms. The summed E-state index contributed by atoms with van der Waals surface area (Å²) in [5, 5.41) is 6.55. The molecule has 1 amide bonds. The van der Waals surface area contributed by atoms with Gasteiger partial charge in [0.05, 0.1) is 12.4 Å². The van der Waals surface area contributed by atoms with Crippen LogP contribution in [0.4, 0.5) is 0 Å². The van der Waals surface area contributed by atoms with Crippen LogP contribution in [-0.2, 0) is 4.79 Å². The lowest BCUT2D eigenvalue weighted by molar-refractivity contribution is -0.126. The maximum absolute atomic E-state index is 12.5. The molecule has 2 N–H and O–H groups in total. The summed E-state index contributed by atoms with van der Waals surface area (Å²) in [5.74, 6) is 0.282. The average Bonchev–Trinajstić information content (AvgIpc) is 3.09. The maximum atomic E-state index is 12.5. The molecule has 0 bridgehead atoms. The van der Waals surface area contributed by atoms with E-state index in [-0.39, 0.29) is 17.9 Å². The second-order valence-electron chi connectivity index (χ2n) is 6.37. The number of rotatable bonds is 4. The van der Waals surface area contributed by atoms with Crippen molar-refractivity contribution in [2.24, 2.45) is 5.92 Å². The van der Waals surface area contributed by atoms with E-state index in [0.717, 1.165) is 30.6 Å². The number of carbonyl (C=O) groups is 1. The van der Waals surface area contributed by atoms with Crippen LogP contribution in [0.2, 0.25) is 0 Å². The van der Waals surface area contributed by atoms with Crippen molar-refractivity contribution in [1.29, 1.82) is 0 Å². The number of aromatic nitrogens is 2. The number of nitrogens with zero attached hydrogens (tertiary/aromatic N) is 2. The van der Waals surface area contributed by atoms with Crippen LogP contribution >= 0.6 is 0 Å². The zero-order valence-corrected chi connectivity index (χ0v) is 13.7. The lowest BCUT2D eigenvalue weighted by Gasteiger charge is -2.28. The van der Waals surface area contributed by atoms with E-state index >= 15 is 0 Å². The van der Waals surface area contributed by atoms with E-state index in [4.69, 9.17) is 0 Å². The molecule has 3 atom stereocenters. The van der Waals surface area contributed by atoms with E-state index in [1.807, 2.05) is 29.8 Å². The first kappa shape index (κ1) is 15.7. The molecule has 1 aromatic heterocycles. The van der Waals surface area contributed by atoms with Crippen LogP contribution in [0, 0.1) is 5.92 Å². The van der Waals surface area contributed by atoms with Crippen molar-refractivity contribution < 1.29 is 4.79 Å². The second kappa shape index (κ2) is 6.96. The van der Waals surface area contributed by atoms with E-state index in [1.165, 1.54) is 0 Å². The van der Waals surface area contributed by atoms with Crippen molar-refractivity contribution in [2.75, 3.05) is 6.54 Å². The number of imidazole rings is 1. The standard InChI is InChI=1S/C18H24N4O/c1-13-10-16(6-7-20-13)18(23)21-14(2)15-4-3-5-17(11-15)22-9-8-19-12-22/h3-5,8-9,11-14,16,20H,6-7,10H2,1-2H3,(H,21,23)/t13-,14?,16-/m0/s1. The molecule has 0 radical (unpaired) electrons. The van der Waals surface area contributed by atoms with Gasteiger partial charge in [-0.05, 0) is 50.9 Å². The molecule has 0 saturated carbocycles. The first-order chi connectivity index (χ1) is 11.1. The third-order valence-electron chi connectivity index (χ3n) is 4.53. The molecule has 2 aromatic rings. The van der Waals surface area contributed by atoms with Gasteiger partial charge < -0.3 is 15.2 Å². The number of nitrogens with one attached hydrogen (secondary N) is 2. The summed E-state index contributed by atoms with van der Waals surface area (Å²) >= 11 is 0. The Bertz CT molecular complexity index is 653. The quantitative estimate of drug-likeness (QED) is 0.911. The van der Waals surface area contributed by atoms with Crippen molar-refractivity contribution in [3.63, 3.8) is 0 Å². The number of hydrogen-bond donors (Lipinski definition) is 2.